The van der Waals surface area contributed by atoms with E-state index in [1.165, 1.54) is 0 Å². The third-order valence-corrected chi connectivity index (χ3v) is 3.60. The standard InChI is InChI=1S/C12H18ClN3O/c1-3-10-9(8-15(2)14-10)11(13)12(17)16-6-4-5-7-16/h8,11H,3-7H2,1-2H3. The molecule has 1 aliphatic heterocycles. The number of halogens is 1. The first kappa shape index (κ1) is 12.4. The summed E-state index contributed by atoms with van der Waals surface area (Å²) >= 11 is 6.29. The minimum atomic E-state index is -0.586. The first-order valence-electron chi connectivity index (χ1n) is 6.08. The molecular weight excluding hydrogens is 238 g/mol. The first-order valence-corrected chi connectivity index (χ1v) is 6.52. The van der Waals surface area contributed by atoms with Crippen LogP contribution in [0.1, 0.15) is 36.4 Å². The first-order chi connectivity index (χ1) is 8.13. The number of hydrogen-bond donors (Lipinski definition) is 0. The largest absolute Gasteiger partial charge is 0.341 e. The van der Waals surface area contributed by atoms with E-state index in [2.05, 4.69) is 5.10 Å². The minimum absolute atomic E-state index is 0.0202. The Morgan fingerprint density at radius 2 is 2.18 bits per heavy atom. The van der Waals surface area contributed by atoms with Gasteiger partial charge in [0.15, 0.2) is 0 Å². The maximum Gasteiger partial charge on any atom is 0.245 e. The summed E-state index contributed by atoms with van der Waals surface area (Å²) < 4.78 is 1.72. The van der Waals surface area contributed by atoms with Gasteiger partial charge in [0.25, 0.3) is 0 Å². The van der Waals surface area contributed by atoms with Crippen molar-refractivity contribution in [1.29, 1.82) is 0 Å². The zero-order chi connectivity index (χ0) is 12.4. The number of alkyl halides is 1. The Bertz CT molecular complexity index is 410. The van der Waals surface area contributed by atoms with Crippen LogP contribution in [0, 0.1) is 0 Å². The molecule has 0 saturated carbocycles. The van der Waals surface area contributed by atoms with Crippen molar-refractivity contribution in [3.8, 4) is 0 Å². The average molecular weight is 256 g/mol. The Kier molecular flexibility index (Phi) is 3.72. The van der Waals surface area contributed by atoms with Crippen molar-refractivity contribution in [2.45, 2.75) is 31.6 Å². The Morgan fingerprint density at radius 1 is 1.53 bits per heavy atom. The number of amides is 1. The van der Waals surface area contributed by atoms with Gasteiger partial charge in [0, 0.05) is 31.9 Å². The smallest absolute Gasteiger partial charge is 0.245 e. The molecule has 0 N–H and O–H groups in total. The molecule has 1 unspecified atom stereocenters. The molecule has 1 amide bonds. The molecule has 1 fully saturated rings. The third kappa shape index (κ3) is 2.46. The predicted molar refractivity (Wildman–Crippen MR) is 67.0 cm³/mol. The number of aryl methyl sites for hydroxylation is 2. The van der Waals surface area contributed by atoms with E-state index < -0.39 is 5.38 Å². The van der Waals surface area contributed by atoms with Crippen LogP contribution in [0.4, 0.5) is 0 Å². The van der Waals surface area contributed by atoms with Gasteiger partial charge in [-0.2, -0.15) is 5.10 Å². The third-order valence-electron chi connectivity index (χ3n) is 3.18. The van der Waals surface area contributed by atoms with E-state index in [0.717, 1.165) is 43.6 Å². The van der Waals surface area contributed by atoms with Crippen LogP contribution in [0.2, 0.25) is 0 Å². The van der Waals surface area contributed by atoms with Gasteiger partial charge < -0.3 is 4.90 Å². The van der Waals surface area contributed by atoms with Crippen LogP contribution < -0.4 is 0 Å². The highest BCUT2D eigenvalue weighted by atomic mass is 35.5. The summed E-state index contributed by atoms with van der Waals surface area (Å²) in [6.45, 7) is 3.70. The zero-order valence-corrected chi connectivity index (χ0v) is 11.1. The van der Waals surface area contributed by atoms with Crippen molar-refractivity contribution in [2.24, 2.45) is 7.05 Å². The van der Waals surface area contributed by atoms with Crippen LogP contribution >= 0.6 is 11.6 Å². The molecular formula is C12H18ClN3O. The number of carbonyl (C=O) groups is 1. The average Bonchev–Trinajstić information content (AvgIpc) is 2.95. The molecule has 0 spiro atoms. The Balaban J connectivity index is 2.17. The van der Waals surface area contributed by atoms with Crippen LogP contribution in [0.5, 0.6) is 0 Å². The molecule has 1 aliphatic rings. The highest BCUT2D eigenvalue weighted by Gasteiger charge is 2.28. The van der Waals surface area contributed by atoms with E-state index in [-0.39, 0.29) is 5.91 Å². The molecule has 1 saturated heterocycles. The molecule has 5 heteroatoms. The monoisotopic (exact) mass is 255 g/mol. The number of hydrogen-bond acceptors (Lipinski definition) is 2. The maximum absolute atomic E-state index is 12.2. The molecule has 0 aromatic carbocycles. The van der Waals surface area contributed by atoms with Crippen molar-refractivity contribution >= 4 is 17.5 Å². The minimum Gasteiger partial charge on any atom is -0.341 e. The molecule has 1 aromatic rings. The van der Waals surface area contributed by atoms with E-state index in [4.69, 9.17) is 11.6 Å². The van der Waals surface area contributed by atoms with Gasteiger partial charge in [0.1, 0.15) is 5.38 Å². The molecule has 17 heavy (non-hydrogen) atoms. The molecule has 4 nitrogen and oxygen atoms in total. The molecule has 0 radical (unpaired) electrons. The second kappa shape index (κ2) is 5.08. The quantitative estimate of drug-likeness (QED) is 0.774. The van der Waals surface area contributed by atoms with Crippen LogP contribution in [0.25, 0.3) is 0 Å². The molecule has 0 aliphatic carbocycles. The predicted octanol–water partition coefficient (Wildman–Crippen LogP) is 1.88. The van der Waals surface area contributed by atoms with Gasteiger partial charge in [0.05, 0.1) is 5.69 Å². The number of aromatic nitrogens is 2. The SMILES string of the molecule is CCc1nn(C)cc1C(Cl)C(=O)N1CCCC1. The summed E-state index contributed by atoms with van der Waals surface area (Å²) in [4.78, 5) is 14.0. The summed E-state index contributed by atoms with van der Waals surface area (Å²) in [7, 11) is 1.85. The van der Waals surface area contributed by atoms with Gasteiger partial charge in [-0.15, -0.1) is 11.6 Å². The molecule has 1 aromatic heterocycles. The fourth-order valence-electron chi connectivity index (χ4n) is 2.27. The highest BCUT2D eigenvalue weighted by molar-refractivity contribution is 6.30. The second-order valence-corrected chi connectivity index (χ2v) is 4.89. The number of nitrogens with zero attached hydrogens (tertiary/aromatic N) is 3. The normalized spacial score (nSPS) is 17.5. The number of likely N-dealkylation sites (tertiary alicyclic amines) is 1. The van der Waals surface area contributed by atoms with Crippen LogP contribution in [-0.4, -0.2) is 33.7 Å². The van der Waals surface area contributed by atoms with E-state index in [0.29, 0.717) is 0 Å². The van der Waals surface area contributed by atoms with Crippen molar-refractivity contribution in [2.75, 3.05) is 13.1 Å². The second-order valence-electron chi connectivity index (χ2n) is 4.45. The summed E-state index contributed by atoms with van der Waals surface area (Å²) in [6.07, 6.45) is 4.82. The van der Waals surface area contributed by atoms with Gasteiger partial charge in [-0.25, -0.2) is 0 Å². The lowest BCUT2D eigenvalue weighted by atomic mass is 10.1. The van der Waals surface area contributed by atoms with Crippen LogP contribution in [0.15, 0.2) is 6.20 Å². The number of carbonyl (C=O) groups excluding carboxylic acids is 1. The maximum atomic E-state index is 12.2. The summed E-state index contributed by atoms with van der Waals surface area (Å²) in [6, 6.07) is 0. The van der Waals surface area contributed by atoms with Crippen molar-refractivity contribution in [3.63, 3.8) is 0 Å². The molecule has 94 valence electrons. The fraction of sp³-hybridized carbons (Fsp3) is 0.667. The van der Waals surface area contributed by atoms with Gasteiger partial charge in [-0.3, -0.25) is 9.48 Å². The highest BCUT2D eigenvalue weighted by Crippen LogP contribution is 2.27. The molecule has 2 heterocycles. The lowest BCUT2D eigenvalue weighted by Crippen LogP contribution is -2.30. The molecule has 2 rings (SSSR count). The summed E-state index contributed by atoms with van der Waals surface area (Å²) in [5, 5.41) is 3.73. The lowest BCUT2D eigenvalue weighted by molar-refractivity contribution is -0.129. The molecule has 0 bridgehead atoms. The van der Waals surface area contributed by atoms with E-state index in [1.54, 1.807) is 4.68 Å². The van der Waals surface area contributed by atoms with Crippen molar-refractivity contribution in [3.05, 3.63) is 17.5 Å². The zero-order valence-electron chi connectivity index (χ0n) is 10.3. The van der Waals surface area contributed by atoms with Crippen LogP contribution in [-0.2, 0) is 18.3 Å². The van der Waals surface area contributed by atoms with E-state index in [1.807, 2.05) is 25.1 Å². The van der Waals surface area contributed by atoms with Crippen LogP contribution in [0.3, 0.4) is 0 Å². The number of rotatable bonds is 3. The fourth-order valence-corrected chi connectivity index (χ4v) is 2.59. The lowest BCUT2D eigenvalue weighted by Gasteiger charge is -2.18. The Morgan fingerprint density at radius 3 is 2.76 bits per heavy atom. The van der Waals surface area contributed by atoms with Gasteiger partial charge in [-0.05, 0) is 19.3 Å². The molecule has 1 atom stereocenters. The summed E-state index contributed by atoms with van der Waals surface area (Å²) in [5.41, 5.74) is 1.77. The van der Waals surface area contributed by atoms with Gasteiger partial charge in [0.2, 0.25) is 5.91 Å². The van der Waals surface area contributed by atoms with E-state index in [9.17, 15) is 4.79 Å². The Hall–Kier alpha value is -1.03. The van der Waals surface area contributed by atoms with Crippen molar-refractivity contribution < 1.29 is 4.79 Å². The topological polar surface area (TPSA) is 38.1 Å². The van der Waals surface area contributed by atoms with Crippen molar-refractivity contribution in [1.82, 2.24) is 14.7 Å². The summed E-state index contributed by atoms with van der Waals surface area (Å²) in [5.74, 6) is 0.0202. The van der Waals surface area contributed by atoms with Gasteiger partial charge in [-0.1, -0.05) is 6.92 Å². The Labute approximate surface area is 107 Å². The van der Waals surface area contributed by atoms with E-state index >= 15 is 0 Å². The van der Waals surface area contributed by atoms with Gasteiger partial charge >= 0.3 is 0 Å².